The molecule has 4 fully saturated rings. The second-order valence-electron chi connectivity index (χ2n) is 24.0. The lowest BCUT2D eigenvalue weighted by Gasteiger charge is -2.38. The van der Waals surface area contributed by atoms with Crippen LogP contribution in [0.15, 0.2) is 22.7 Å². The van der Waals surface area contributed by atoms with E-state index in [0.717, 1.165) is 80.7 Å². The molecule has 0 bridgehead atoms. The molecule has 0 aliphatic carbocycles. The van der Waals surface area contributed by atoms with Crippen LogP contribution >= 0.6 is 11.6 Å². The van der Waals surface area contributed by atoms with E-state index < -0.39 is 22.4 Å². The molecule has 0 N–H and O–H groups in total. The number of nitrogens with zero attached hydrogens (tertiary/aromatic N) is 5. The molecule has 0 aromatic carbocycles. The Balaban J connectivity index is 0.000000256. The summed E-state index contributed by atoms with van der Waals surface area (Å²) in [7, 11) is 0. The normalized spacial score (nSPS) is 19.1. The Labute approximate surface area is 428 Å². The first-order valence-corrected chi connectivity index (χ1v) is 25.3. The van der Waals surface area contributed by atoms with E-state index in [4.69, 9.17) is 41.4 Å². The van der Waals surface area contributed by atoms with Crippen molar-refractivity contribution in [3.05, 3.63) is 29.2 Å². The van der Waals surface area contributed by atoms with E-state index >= 15 is 0 Å². The number of carbonyl (C=O) groups is 6. The molecule has 17 heteroatoms. The number of likely N-dealkylation sites (tertiary alicyclic amines) is 4. The maximum atomic E-state index is 12.2. The minimum absolute atomic E-state index is 0.0570. The number of terminal acetylenes is 1. The quantitative estimate of drug-likeness (QED) is 0.123. The summed E-state index contributed by atoms with van der Waals surface area (Å²) in [4.78, 5) is 79.6. The zero-order valence-electron chi connectivity index (χ0n) is 45.5. The summed E-state index contributed by atoms with van der Waals surface area (Å²) in [5.74, 6) is 3.85. The first-order chi connectivity index (χ1) is 32.6. The second kappa shape index (κ2) is 24.6. The molecule has 4 aliphatic rings. The third-order valence-corrected chi connectivity index (χ3v) is 12.8. The smallest absolute Gasteiger partial charge is 0.410 e. The van der Waals surface area contributed by atoms with Crippen LogP contribution in [-0.2, 0) is 34.0 Å². The lowest BCUT2D eigenvalue weighted by molar-refractivity contribution is -0.117. The van der Waals surface area contributed by atoms with Crippen LogP contribution in [0.4, 0.5) is 19.2 Å². The molecular weight excluding hydrogens is 930 g/mol. The van der Waals surface area contributed by atoms with Crippen molar-refractivity contribution in [2.45, 2.75) is 183 Å². The van der Waals surface area contributed by atoms with Crippen molar-refractivity contribution < 1.29 is 52.1 Å². The van der Waals surface area contributed by atoms with Crippen molar-refractivity contribution in [1.29, 1.82) is 0 Å². The SMILES string of the molecule is C#CC1(C)CCN(C(=O)OC(C)(C)C)CC1.CC(C)(C)OC(=O)N1CCC(C)(c2cc3cc(Cl)ncc3o2)CC1.CC(C)(C)OC(=O)N1CCC(C=O)CC1.CC1(C=O)CCN(C(=O)OC(C)(C)C)CC1. The summed E-state index contributed by atoms with van der Waals surface area (Å²) in [5.41, 5.74) is -1.49. The summed E-state index contributed by atoms with van der Waals surface area (Å²) < 4.78 is 27.3. The van der Waals surface area contributed by atoms with Crippen LogP contribution in [0, 0.1) is 29.1 Å². The standard InChI is InChI=1S/C18H23ClN2O3.C13H21NO2.C12H21NO3.C11H19NO3/c1-17(2,3)24-16(22)21-7-5-18(4,6-8-21)14-9-12-10-15(19)20-11-13(12)23-14;1-6-13(5)7-9-14(10-8-13)11(15)16-12(2,3)4;1-11(2,3)16-10(15)13-7-5-12(4,9-14)6-8-13;1-11(2,3)15-10(14)12-6-4-9(8-13)5-7-12/h9-11H,5-8H2,1-4H3;1H,7-10H2,2-5H3;9H,5-8H2,1-4H3;8-9H,4-7H2,1-3H3. The van der Waals surface area contributed by atoms with Gasteiger partial charge in [-0.05, 0) is 154 Å². The largest absolute Gasteiger partial charge is 0.459 e. The molecule has 0 atom stereocenters. The monoisotopic (exact) mass is 1010 g/mol. The first kappa shape index (κ1) is 60.3. The molecule has 6 rings (SSSR count). The fourth-order valence-electron chi connectivity index (χ4n) is 7.81. The maximum Gasteiger partial charge on any atom is 0.410 e. The molecule has 2 aromatic rings. The van der Waals surface area contributed by atoms with Gasteiger partial charge < -0.3 is 52.6 Å². The van der Waals surface area contributed by atoms with Gasteiger partial charge in [0.2, 0.25) is 0 Å². The van der Waals surface area contributed by atoms with Gasteiger partial charge in [0.25, 0.3) is 0 Å². The number of carbonyl (C=O) groups excluding carboxylic acids is 6. The lowest BCUT2D eigenvalue weighted by atomic mass is 9.78. The summed E-state index contributed by atoms with van der Waals surface area (Å²) in [6, 6.07) is 3.84. The van der Waals surface area contributed by atoms with Crippen LogP contribution in [0.5, 0.6) is 0 Å². The number of aromatic nitrogens is 1. The molecule has 0 radical (unpaired) electrons. The Morgan fingerprint density at radius 3 is 1.35 bits per heavy atom. The highest BCUT2D eigenvalue weighted by atomic mass is 35.5. The van der Waals surface area contributed by atoms with Gasteiger partial charge in [-0.25, -0.2) is 24.2 Å². The molecule has 0 saturated carbocycles. The number of piperidine rings is 4. The summed E-state index contributed by atoms with van der Waals surface area (Å²) >= 11 is 5.94. The van der Waals surface area contributed by atoms with E-state index in [0.29, 0.717) is 57.5 Å². The molecule has 4 amide bonds. The fraction of sp³-hybridized carbons (Fsp3) is 0.722. The van der Waals surface area contributed by atoms with Crippen molar-refractivity contribution in [2.24, 2.45) is 16.7 Å². The Morgan fingerprint density at radius 1 is 0.634 bits per heavy atom. The van der Waals surface area contributed by atoms with Crippen molar-refractivity contribution in [3.8, 4) is 12.3 Å². The highest BCUT2D eigenvalue weighted by Gasteiger charge is 2.38. The van der Waals surface area contributed by atoms with Crippen LogP contribution < -0.4 is 0 Å². The molecule has 0 spiro atoms. The van der Waals surface area contributed by atoms with E-state index in [2.05, 4.69) is 24.8 Å². The van der Waals surface area contributed by atoms with Gasteiger partial charge in [-0.2, -0.15) is 0 Å². The van der Waals surface area contributed by atoms with Gasteiger partial charge in [0.1, 0.15) is 45.9 Å². The lowest BCUT2D eigenvalue weighted by Crippen LogP contribution is -2.45. The maximum absolute atomic E-state index is 12.2. The number of halogens is 1. The number of furan rings is 1. The molecular formula is C54H84ClN5O11. The van der Waals surface area contributed by atoms with Crippen molar-refractivity contribution >= 4 is 59.5 Å². The van der Waals surface area contributed by atoms with Crippen LogP contribution in [0.25, 0.3) is 11.0 Å². The first-order valence-electron chi connectivity index (χ1n) is 25.0. The zero-order valence-corrected chi connectivity index (χ0v) is 46.2. The average molecular weight is 1010 g/mol. The highest BCUT2D eigenvalue weighted by molar-refractivity contribution is 6.30. The minimum atomic E-state index is -0.469. The van der Waals surface area contributed by atoms with Crippen LogP contribution in [0.3, 0.4) is 0 Å². The van der Waals surface area contributed by atoms with Crippen LogP contribution in [0.2, 0.25) is 5.15 Å². The van der Waals surface area contributed by atoms with Gasteiger partial charge in [0.05, 0.1) is 6.20 Å². The second-order valence-corrected chi connectivity index (χ2v) is 24.4. The number of amides is 4. The summed E-state index contributed by atoms with van der Waals surface area (Å²) in [6.07, 6.45) is 14.4. The van der Waals surface area contributed by atoms with E-state index in [1.165, 1.54) is 0 Å². The number of hydrogen-bond donors (Lipinski definition) is 0. The van der Waals surface area contributed by atoms with Crippen molar-refractivity contribution in [2.75, 3.05) is 52.4 Å². The molecule has 2 aromatic heterocycles. The number of pyridine rings is 1. The molecule has 4 aliphatic heterocycles. The van der Waals surface area contributed by atoms with Gasteiger partial charge in [-0.3, -0.25) is 0 Å². The average Bonchev–Trinajstić information content (AvgIpc) is 3.70. The van der Waals surface area contributed by atoms with Gasteiger partial charge in [0, 0.05) is 79.9 Å². The van der Waals surface area contributed by atoms with Gasteiger partial charge in [-0.15, -0.1) is 12.3 Å². The molecule has 0 unspecified atom stereocenters. The van der Waals surface area contributed by atoms with E-state index in [9.17, 15) is 28.8 Å². The summed E-state index contributed by atoms with van der Waals surface area (Å²) in [6.45, 7) is 33.7. The number of rotatable bonds is 3. The predicted octanol–water partition coefficient (Wildman–Crippen LogP) is 11.5. The molecule has 71 heavy (non-hydrogen) atoms. The third-order valence-electron chi connectivity index (χ3n) is 12.6. The van der Waals surface area contributed by atoms with Crippen molar-refractivity contribution in [3.63, 3.8) is 0 Å². The fourth-order valence-corrected chi connectivity index (χ4v) is 7.98. The minimum Gasteiger partial charge on any atom is -0.459 e. The molecule has 398 valence electrons. The molecule has 16 nitrogen and oxygen atoms in total. The van der Waals surface area contributed by atoms with E-state index in [1.54, 1.807) is 25.8 Å². The van der Waals surface area contributed by atoms with E-state index in [-0.39, 0.29) is 46.5 Å². The number of aldehydes is 2. The van der Waals surface area contributed by atoms with E-state index in [1.807, 2.05) is 102 Å². The van der Waals surface area contributed by atoms with Crippen LogP contribution in [0.1, 0.15) is 161 Å². The Hall–Kier alpha value is -5.04. The number of hydrogen-bond acceptors (Lipinski definition) is 12. The summed E-state index contributed by atoms with van der Waals surface area (Å²) in [5, 5.41) is 1.42. The number of fused-ring (bicyclic) bond motifs is 1. The Bertz CT molecular complexity index is 2140. The molecule has 6 heterocycles. The Kier molecular flexibility index (Phi) is 20.9. The molecule has 4 saturated heterocycles. The van der Waals surface area contributed by atoms with Gasteiger partial charge in [0.15, 0.2) is 5.58 Å². The predicted molar refractivity (Wildman–Crippen MR) is 275 cm³/mol. The number of ether oxygens (including phenoxy) is 4. The highest BCUT2D eigenvalue weighted by Crippen LogP contribution is 2.39. The van der Waals surface area contributed by atoms with Crippen LogP contribution in [-0.4, -0.2) is 136 Å². The topological polar surface area (TPSA) is 178 Å². The zero-order chi connectivity index (χ0) is 53.8. The Morgan fingerprint density at radius 2 is 1.00 bits per heavy atom. The third kappa shape index (κ3) is 20.5. The van der Waals surface area contributed by atoms with Crippen molar-refractivity contribution in [1.82, 2.24) is 24.6 Å². The van der Waals surface area contributed by atoms with Gasteiger partial charge in [-0.1, -0.05) is 25.4 Å². The van der Waals surface area contributed by atoms with Gasteiger partial charge >= 0.3 is 24.4 Å².